The molecule has 474 valence electrons. The lowest BCUT2D eigenvalue weighted by Gasteiger charge is -2.26. The third-order valence-corrected chi connectivity index (χ3v) is 15.6. The Balaban J connectivity index is 3.99. The van der Waals surface area contributed by atoms with E-state index in [0.717, 1.165) is 64.2 Å². The number of carbonyl (C=O) groups excluding carboxylic acids is 3. The predicted octanol–water partition coefficient (Wildman–Crippen LogP) is 20.0. The van der Waals surface area contributed by atoms with Gasteiger partial charge in [0.05, 0.1) is 40.3 Å². The number of aliphatic carboxylic acids is 1. The smallest absolute Gasteiger partial charge is 0.306 e. The number of carboxylic acids is 1. The molecule has 0 amide bonds. The second-order valence-corrected chi connectivity index (χ2v) is 24.8. The van der Waals surface area contributed by atoms with Crippen molar-refractivity contribution in [2.75, 3.05) is 47.5 Å². The molecule has 0 rings (SSSR count). The first-order valence-corrected chi connectivity index (χ1v) is 34.8. The average Bonchev–Trinajstić information content (AvgIpc) is 3.44. The lowest BCUT2D eigenvalue weighted by atomic mass is 10.0. The highest BCUT2D eigenvalue weighted by Gasteiger charge is 2.22. The number of quaternary nitrogens is 1. The molecule has 0 N–H and O–H groups in total. The quantitative estimate of drug-likeness (QED) is 0.0195. The number of rotatable bonds is 65. The fourth-order valence-electron chi connectivity index (χ4n) is 10.3. The van der Waals surface area contributed by atoms with Crippen LogP contribution in [0.4, 0.5) is 0 Å². The van der Waals surface area contributed by atoms with E-state index in [9.17, 15) is 19.5 Å². The summed E-state index contributed by atoms with van der Waals surface area (Å²) >= 11 is 0. The highest BCUT2D eigenvalue weighted by molar-refractivity contribution is 5.70. The van der Waals surface area contributed by atoms with Gasteiger partial charge in [0.1, 0.15) is 13.2 Å². The van der Waals surface area contributed by atoms with E-state index in [2.05, 4.69) is 62.5 Å². The molecule has 0 aliphatic heterocycles. The lowest BCUT2D eigenvalue weighted by Crippen LogP contribution is -2.44. The van der Waals surface area contributed by atoms with Gasteiger partial charge in [0.2, 0.25) is 0 Å². The van der Waals surface area contributed by atoms with Crippen molar-refractivity contribution >= 4 is 17.9 Å². The normalized spacial score (nSPS) is 13.0. The van der Waals surface area contributed by atoms with Gasteiger partial charge >= 0.3 is 11.9 Å². The molecule has 0 fully saturated rings. The largest absolute Gasteiger partial charge is 0.545 e. The van der Waals surface area contributed by atoms with Gasteiger partial charge in [-0.15, -0.1) is 0 Å². The summed E-state index contributed by atoms with van der Waals surface area (Å²) in [4.78, 5) is 37.4. The van der Waals surface area contributed by atoms with Gasteiger partial charge in [-0.3, -0.25) is 9.59 Å². The third-order valence-electron chi connectivity index (χ3n) is 15.6. The van der Waals surface area contributed by atoms with Crippen molar-refractivity contribution in [3.8, 4) is 0 Å². The van der Waals surface area contributed by atoms with Crippen molar-refractivity contribution in [1.82, 2.24) is 0 Å². The highest BCUT2D eigenvalue weighted by atomic mass is 16.7. The van der Waals surface area contributed by atoms with Gasteiger partial charge in [-0.1, -0.05) is 319 Å². The molecular weight excluding hydrogens is 1010 g/mol. The van der Waals surface area contributed by atoms with Gasteiger partial charge in [-0.05, 0) is 51.4 Å². The zero-order valence-corrected chi connectivity index (χ0v) is 54.2. The summed E-state index contributed by atoms with van der Waals surface area (Å²) in [6.45, 7) is 4.70. The molecule has 81 heavy (non-hydrogen) atoms. The molecule has 2 unspecified atom stereocenters. The van der Waals surface area contributed by atoms with Crippen LogP contribution < -0.4 is 5.11 Å². The van der Waals surface area contributed by atoms with E-state index in [1.165, 1.54) is 244 Å². The fourth-order valence-corrected chi connectivity index (χ4v) is 10.3. The SMILES string of the molecule is CC/C=C\C/C=C\C/C=C\C/C=C\CCCCCCCCCCCCCCCCCCCCCCCCCCC(=O)OC(COC(=O)CCCCCCCCCCCCCCCCCCCCC)COC(OCC[N+](C)(C)C)C(=O)[O-]. The van der Waals surface area contributed by atoms with Gasteiger partial charge in [0.15, 0.2) is 12.4 Å². The summed E-state index contributed by atoms with van der Waals surface area (Å²) in [6.07, 6.45) is 77.7. The molecule has 0 spiro atoms. The average molecular weight is 1140 g/mol. The van der Waals surface area contributed by atoms with Crippen molar-refractivity contribution in [3.63, 3.8) is 0 Å². The molecule has 0 aromatic rings. The molecule has 0 heterocycles. The first-order valence-electron chi connectivity index (χ1n) is 34.8. The molecule has 0 saturated heterocycles. The van der Waals surface area contributed by atoms with Crippen molar-refractivity contribution in [3.05, 3.63) is 48.6 Å². The molecule has 0 aliphatic rings. The molecule has 0 aromatic heterocycles. The summed E-state index contributed by atoms with van der Waals surface area (Å²) in [5.74, 6) is -2.25. The maximum atomic E-state index is 12.9. The minimum Gasteiger partial charge on any atom is -0.545 e. The molecule has 9 heteroatoms. The Hall–Kier alpha value is -2.75. The van der Waals surface area contributed by atoms with Crippen LogP contribution in [0.1, 0.15) is 335 Å². The molecule has 0 radical (unpaired) electrons. The van der Waals surface area contributed by atoms with Crippen LogP contribution >= 0.6 is 0 Å². The van der Waals surface area contributed by atoms with E-state index in [0.29, 0.717) is 17.4 Å². The minimum absolute atomic E-state index is 0.151. The number of carbonyl (C=O) groups is 3. The van der Waals surface area contributed by atoms with Gasteiger partial charge in [-0.2, -0.15) is 0 Å². The summed E-state index contributed by atoms with van der Waals surface area (Å²) in [6, 6.07) is 0. The molecule has 0 bridgehead atoms. The lowest BCUT2D eigenvalue weighted by molar-refractivity contribution is -0.870. The van der Waals surface area contributed by atoms with Crippen LogP contribution in [0.5, 0.6) is 0 Å². The van der Waals surface area contributed by atoms with Crippen LogP contribution in [0.25, 0.3) is 0 Å². The van der Waals surface area contributed by atoms with Crippen molar-refractivity contribution in [2.45, 2.75) is 347 Å². The van der Waals surface area contributed by atoms with Gasteiger partial charge in [-0.25, -0.2) is 0 Å². The Kier molecular flexibility index (Phi) is 61.1. The molecule has 9 nitrogen and oxygen atoms in total. The summed E-state index contributed by atoms with van der Waals surface area (Å²) in [7, 11) is 5.94. The van der Waals surface area contributed by atoms with E-state index in [1.54, 1.807) is 0 Å². The standard InChI is InChI=1S/C72H133NO8/c1-6-8-10-12-14-16-18-20-22-24-26-27-28-29-30-31-32-33-34-35-36-37-38-39-40-41-42-43-45-47-49-51-53-55-57-59-61-63-70(75)81-68(67-80-72(71(76)77)78-65-64-73(3,4)5)66-79-69(74)62-60-58-56-54-52-50-48-46-44-25-23-21-19-17-15-13-11-9-7-2/h8,10,14,16,20,22,26-27,68,72H,6-7,9,11-13,15,17-19,21,23-25,28-67H2,1-5H3/b10-8-,16-14-,22-20-,27-26-. The molecular formula is C72H133NO8. The minimum atomic E-state index is -1.62. The summed E-state index contributed by atoms with van der Waals surface area (Å²) in [5.41, 5.74) is 0. The van der Waals surface area contributed by atoms with Crippen LogP contribution in [0, 0.1) is 0 Å². The van der Waals surface area contributed by atoms with Gasteiger partial charge in [0.25, 0.3) is 0 Å². The number of esters is 2. The number of carboxylic acid groups (broad SMARTS) is 1. The van der Waals surface area contributed by atoms with Crippen LogP contribution in [-0.2, 0) is 33.3 Å². The second-order valence-electron chi connectivity index (χ2n) is 24.8. The number of unbranched alkanes of at least 4 members (excludes halogenated alkanes) is 42. The Morgan fingerprint density at radius 3 is 1.05 bits per heavy atom. The van der Waals surface area contributed by atoms with Crippen molar-refractivity contribution in [2.24, 2.45) is 0 Å². The molecule has 0 aromatic carbocycles. The summed E-state index contributed by atoms with van der Waals surface area (Å²) in [5, 5.41) is 11.8. The Morgan fingerprint density at radius 1 is 0.383 bits per heavy atom. The van der Waals surface area contributed by atoms with Crippen LogP contribution in [0.2, 0.25) is 0 Å². The molecule has 2 atom stereocenters. The van der Waals surface area contributed by atoms with E-state index in [-0.39, 0.29) is 32.2 Å². The van der Waals surface area contributed by atoms with Crippen LogP contribution in [0.15, 0.2) is 48.6 Å². The first-order chi connectivity index (χ1) is 39.6. The maximum Gasteiger partial charge on any atom is 0.306 e. The first kappa shape index (κ1) is 78.2. The van der Waals surface area contributed by atoms with Crippen molar-refractivity contribution in [1.29, 1.82) is 0 Å². The number of allylic oxidation sites excluding steroid dienone is 8. The fraction of sp³-hybridized carbons (Fsp3) is 0.847. The Bertz CT molecular complexity index is 1470. The molecule has 0 saturated carbocycles. The topological polar surface area (TPSA) is 111 Å². The van der Waals surface area contributed by atoms with E-state index >= 15 is 0 Å². The maximum absolute atomic E-state index is 12.9. The van der Waals surface area contributed by atoms with E-state index < -0.39 is 24.3 Å². The van der Waals surface area contributed by atoms with Crippen molar-refractivity contribution < 1.29 is 42.9 Å². The zero-order valence-electron chi connectivity index (χ0n) is 54.2. The molecule has 0 aliphatic carbocycles. The number of likely N-dealkylation sites (N-methyl/N-ethyl adjacent to an activating group) is 1. The number of hydrogen-bond donors (Lipinski definition) is 0. The van der Waals surface area contributed by atoms with E-state index in [1.807, 2.05) is 21.1 Å². The Morgan fingerprint density at radius 2 is 0.704 bits per heavy atom. The highest BCUT2D eigenvalue weighted by Crippen LogP contribution is 2.19. The zero-order chi connectivity index (χ0) is 59.1. The Labute approximate surface area is 502 Å². The number of ether oxygens (including phenoxy) is 4. The second kappa shape index (κ2) is 63.3. The van der Waals surface area contributed by atoms with Gasteiger partial charge in [0, 0.05) is 12.8 Å². The number of hydrogen-bond acceptors (Lipinski definition) is 8. The number of nitrogens with zero attached hydrogens (tertiary/aromatic N) is 1. The predicted molar refractivity (Wildman–Crippen MR) is 343 cm³/mol. The van der Waals surface area contributed by atoms with Gasteiger partial charge < -0.3 is 33.3 Å². The van der Waals surface area contributed by atoms with Crippen LogP contribution in [-0.4, -0.2) is 82.3 Å². The summed E-state index contributed by atoms with van der Waals surface area (Å²) < 4.78 is 22.8. The monoisotopic (exact) mass is 1140 g/mol. The third kappa shape index (κ3) is 64.7. The van der Waals surface area contributed by atoms with E-state index in [4.69, 9.17) is 18.9 Å². The van der Waals surface area contributed by atoms with Crippen LogP contribution in [0.3, 0.4) is 0 Å².